The van der Waals surface area contributed by atoms with Crippen molar-refractivity contribution in [1.82, 2.24) is 10.3 Å². The molecule has 1 saturated heterocycles. The fourth-order valence-electron chi connectivity index (χ4n) is 3.79. The second kappa shape index (κ2) is 9.09. The average Bonchev–Trinajstić information content (AvgIpc) is 2.79. The third-order valence-electron chi connectivity index (χ3n) is 5.32. The summed E-state index contributed by atoms with van der Waals surface area (Å²) >= 11 is 5.48. The van der Waals surface area contributed by atoms with Crippen LogP contribution in [0.4, 0.5) is 11.5 Å². The Balaban J connectivity index is 1.34. The fourth-order valence-corrected chi connectivity index (χ4v) is 4.07. The number of benzene rings is 2. The van der Waals surface area contributed by atoms with Gasteiger partial charge in [0.05, 0.1) is 12.7 Å². The molecule has 154 valence electrons. The minimum Gasteiger partial charge on any atom is -0.465 e. The van der Waals surface area contributed by atoms with E-state index in [0.29, 0.717) is 16.7 Å². The second-order valence-corrected chi connectivity index (χ2v) is 7.70. The normalized spacial score (nSPS) is 14.4. The molecule has 3 aromatic rings. The van der Waals surface area contributed by atoms with Gasteiger partial charge in [0.1, 0.15) is 5.82 Å². The maximum atomic E-state index is 11.7. The molecule has 1 aromatic heterocycles. The van der Waals surface area contributed by atoms with Crippen molar-refractivity contribution >= 4 is 45.6 Å². The third kappa shape index (κ3) is 4.52. The number of carbonyl (C=O) groups excluding carboxylic acids is 1. The molecule has 1 fully saturated rings. The largest absolute Gasteiger partial charge is 0.465 e. The van der Waals surface area contributed by atoms with Crippen LogP contribution in [-0.2, 0) is 4.74 Å². The molecule has 2 aromatic carbocycles. The molecule has 0 saturated carbocycles. The molecule has 0 unspecified atom stereocenters. The van der Waals surface area contributed by atoms with Crippen LogP contribution in [0.25, 0.3) is 10.8 Å². The van der Waals surface area contributed by atoms with Crippen molar-refractivity contribution in [2.75, 3.05) is 30.4 Å². The van der Waals surface area contributed by atoms with Crippen molar-refractivity contribution in [3.8, 4) is 0 Å². The van der Waals surface area contributed by atoms with Crippen LogP contribution in [-0.4, -0.2) is 42.3 Å². The van der Waals surface area contributed by atoms with E-state index in [9.17, 15) is 4.79 Å². The van der Waals surface area contributed by atoms with Gasteiger partial charge in [-0.05, 0) is 54.7 Å². The van der Waals surface area contributed by atoms with E-state index in [1.54, 1.807) is 18.2 Å². The molecule has 30 heavy (non-hydrogen) atoms. The SMILES string of the molecule is COC(=O)c1cccc(NC(=S)NC2CCN(c3nccc4ccccc34)CC2)c1. The number of carbonyl (C=O) groups is 1. The predicted molar refractivity (Wildman–Crippen MR) is 124 cm³/mol. The summed E-state index contributed by atoms with van der Waals surface area (Å²) < 4.78 is 4.77. The van der Waals surface area contributed by atoms with Gasteiger partial charge in [0.15, 0.2) is 5.11 Å². The number of ether oxygens (including phenoxy) is 1. The van der Waals surface area contributed by atoms with Crippen LogP contribution in [0.2, 0.25) is 0 Å². The number of esters is 1. The van der Waals surface area contributed by atoms with Gasteiger partial charge in [0, 0.05) is 36.4 Å². The zero-order valence-electron chi connectivity index (χ0n) is 16.8. The predicted octanol–water partition coefficient (Wildman–Crippen LogP) is 3.98. The number of aromatic nitrogens is 1. The van der Waals surface area contributed by atoms with Gasteiger partial charge in [-0.15, -0.1) is 0 Å². The Morgan fingerprint density at radius 1 is 1.13 bits per heavy atom. The average molecular weight is 421 g/mol. The van der Waals surface area contributed by atoms with Gasteiger partial charge in [-0.25, -0.2) is 9.78 Å². The van der Waals surface area contributed by atoms with Gasteiger partial charge in [0.25, 0.3) is 0 Å². The number of hydrogen-bond donors (Lipinski definition) is 2. The Kier molecular flexibility index (Phi) is 6.09. The number of piperidine rings is 1. The standard InChI is InChI=1S/C23H24N4O2S/c1-29-22(28)17-6-4-7-19(15-17)26-23(30)25-18-10-13-27(14-11-18)21-20-8-3-2-5-16(20)9-12-24-21/h2-9,12,15,18H,10-11,13-14H2,1H3,(H2,25,26,30). The zero-order valence-corrected chi connectivity index (χ0v) is 17.6. The van der Waals surface area contributed by atoms with Gasteiger partial charge in [-0.2, -0.15) is 0 Å². The number of methoxy groups -OCH3 is 1. The summed E-state index contributed by atoms with van der Waals surface area (Å²) in [7, 11) is 1.37. The summed E-state index contributed by atoms with van der Waals surface area (Å²) in [4.78, 5) is 18.7. The molecular weight excluding hydrogens is 396 g/mol. The first kappa shape index (κ1) is 20.1. The molecule has 1 aliphatic rings. The summed E-state index contributed by atoms with van der Waals surface area (Å²) in [6.45, 7) is 1.83. The van der Waals surface area contributed by atoms with E-state index in [4.69, 9.17) is 17.0 Å². The molecular formula is C23H24N4O2S. The molecule has 2 N–H and O–H groups in total. The van der Waals surface area contributed by atoms with Crippen LogP contribution in [0.5, 0.6) is 0 Å². The van der Waals surface area contributed by atoms with Crippen molar-refractivity contribution in [3.63, 3.8) is 0 Å². The van der Waals surface area contributed by atoms with Crippen LogP contribution < -0.4 is 15.5 Å². The van der Waals surface area contributed by atoms with E-state index in [0.717, 1.165) is 37.4 Å². The summed E-state index contributed by atoms with van der Waals surface area (Å²) in [6, 6.07) is 17.8. The molecule has 2 heterocycles. The second-order valence-electron chi connectivity index (χ2n) is 7.29. The highest BCUT2D eigenvalue weighted by Crippen LogP contribution is 2.26. The van der Waals surface area contributed by atoms with Crippen molar-refractivity contribution in [2.45, 2.75) is 18.9 Å². The van der Waals surface area contributed by atoms with Crippen LogP contribution >= 0.6 is 12.2 Å². The Morgan fingerprint density at radius 2 is 1.93 bits per heavy atom. The highest BCUT2D eigenvalue weighted by molar-refractivity contribution is 7.80. The molecule has 1 aliphatic heterocycles. The monoisotopic (exact) mass is 420 g/mol. The van der Waals surface area contributed by atoms with E-state index >= 15 is 0 Å². The van der Waals surface area contributed by atoms with Crippen molar-refractivity contribution in [1.29, 1.82) is 0 Å². The Morgan fingerprint density at radius 3 is 2.73 bits per heavy atom. The van der Waals surface area contributed by atoms with Crippen LogP contribution in [0.3, 0.4) is 0 Å². The van der Waals surface area contributed by atoms with Crippen LogP contribution in [0.1, 0.15) is 23.2 Å². The maximum Gasteiger partial charge on any atom is 0.337 e. The van der Waals surface area contributed by atoms with Gasteiger partial charge in [0.2, 0.25) is 0 Å². The first-order chi connectivity index (χ1) is 14.6. The van der Waals surface area contributed by atoms with E-state index in [1.165, 1.54) is 17.9 Å². The first-order valence-electron chi connectivity index (χ1n) is 9.98. The smallest absolute Gasteiger partial charge is 0.337 e. The third-order valence-corrected chi connectivity index (χ3v) is 5.54. The molecule has 4 rings (SSSR count). The lowest BCUT2D eigenvalue weighted by atomic mass is 10.0. The number of nitrogens with one attached hydrogen (secondary N) is 2. The molecule has 6 nitrogen and oxygen atoms in total. The quantitative estimate of drug-likeness (QED) is 0.489. The number of hydrogen-bond acceptors (Lipinski definition) is 5. The van der Waals surface area contributed by atoms with Crippen LogP contribution in [0.15, 0.2) is 60.8 Å². The van der Waals surface area contributed by atoms with Gasteiger partial charge in [-0.1, -0.05) is 30.3 Å². The first-order valence-corrected chi connectivity index (χ1v) is 10.4. The zero-order chi connectivity index (χ0) is 20.9. The lowest BCUT2D eigenvalue weighted by molar-refractivity contribution is 0.0601. The molecule has 7 heteroatoms. The minimum atomic E-state index is -0.369. The van der Waals surface area contributed by atoms with Crippen molar-refractivity contribution in [3.05, 3.63) is 66.4 Å². The fraction of sp³-hybridized carbons (Fsp3) is 0.261. The van der Waals surface area contributed by atoms with Crippen molar-refractivity contribution < 1.29 is 9.53 Å². The number of nitrogens with zero attached hydrogens (tertiary/aromatic N) is 2. The molecule has 0 bridgehead atoms. The summed E-state index contributed by atoms with van der Waals surface area (Å²) in [5.74, 6) is 0.679. The Hall–Kier alpha value is -3.19. The summed E-state index contributed by atoms with van der Waals surface area (Å²) in [6.07, 6.45) is 3.81. The number of pyridine rings is 1. The van der Waals surface area contributed by atoms with E-state index in [2.05, 4.69) is 44.8 Å². The lowest BCUT2D eigenvalue weighted by Gasteiger charge is -2.34. The van der Waals surface area contributed by atoms with E-state index < -0.39 is 0 Å². The summed E-state index contributed by atoms with van der Waals surface area (Å²) in [5, 5.41) is 9.51. The number of anilines is 2. The van der Waals surface area contributed by atoms with E-state index in [-0.39, 0.29) is 5.97 Å². The molecule has 0 atom stereocenters. The van der Waals surface area contributed by atoms with Crippen LogP contribution in [0, 0.1) is 0 Å². The van der Waals surface area contributed by atoms with Gasteiger partial charge < -0.3 is 20.3 Å². The molecule has 0 aliphatic carbocycles. The Labute approximate surface area is 181 Å². The number of rotatable bonds is 4. The lowest BCUT2D eigenvalue weighted by Crippen LogP contribution is -2.46. The molecule has 0 radical (unpaired) electrons. The van der Waals surface area contributed by atoms with E-state index in [1.807, 2.05) is 18.3 Å². The number of thiocarbonyl (C=S) groups is 1. The highest BCUT2D eigenvalue weighted by Gasteiger charge is 2.22. The molecule has 0 spiro atoms. The van der Waals surface area contributed by atoms with Crippen molar-refractivity contribution in [2.24, 2.45) is 0 Å². The topological polar surface area (TPSA) is 66.5 Å². The maximum absolute atomic E-state index is 11.7. The highest BCUT2D eigenvalue weighted by atomic mass is 32.1. The minimum absolute atomic E-state index is 0.292. The number of fused-ring (bicyclic) bond motifs is 1. The Bertz CT molecular complexity index is 1060. The molecule has 0 amide bonds. The summed E-state index contributed by atoms with van der Waals surface area (Å²) in [5.41, 5.74) is 1.24. The van der Waals surface area contributed by atoms with Gasteiger partial charge in [-0.3, -0.25) is 0 Å². The van der Waals surface area contributed by atoms with Gasteiger partial charge >= 0.3 is 5.97 Å².